The maximum atomic E-state index is 11.9. The van der Waals surface area contributed by atoms with Crippen LogP contribution in [0, 0.1) is 0 Å². The average molecular weight is 250 g/mol. The van der Waals surface area contributed by atoms with Gasteiger partial charge in [-0.1, -0.05) is 6.07 Å². The summed E-state index contributed by atoms with van der Waals surface area (Å²) >= 11 is 0. The van der Waals surface area contributed by atoms with E-state index in [2.05, 4.69) is 5.32 Å². The summed E-state index contributed by atoms with van der Waals surface area (Å²) in [6.07, 6.45) is 0. The van der Waals surface area contributed by atoms with Gasteiger partial charge in [0.05, 0.1) is 0 Å². The molecule has 0 heterocycles. The van der Waals surface area contributed by atoms with Crippen LogP contribution in [-0.4, -0.2) is 48.4 Å². The minimum Gasteiger partial charge on any atom is -0.480 e. The van der Waals surface area contributed by atoms with Crippen molar-refractivity contribution in [2.24, 2.45) is 0 Å². The highest BCUT2D eigenvalue weighted by atomic mass is 16.4. The van der Waals surface area contributed by atoms with E-state index < -0.39 is 11.9 Å². The lowest BCUT2D eigenvalue weighted by Crippen LogP contribution is -2.32. The smallest absolute Gasteiger partial charge is 0.323 e. The zero-order valence-corrected chi connectivity index (χ0v) is 10.1. The van der Waals surface area contributed by atoms with Crippen molar-refractivity contribution >= 4 is 17.8 Å². The van der Waals surface area contributed by atoms with E-state index >= 15 is 0 Å². The Morgan fingerprint density at radius 2 is 1.89 bits per heavy atom. The third-order valence-corrected chi connectivity index (χ3v) is 2.32. The van der Waals surface area contributed by atoms with Gasteiger partial charge in [0.25, 0.3) is 11.8 Å². The molecule has 18 heavy (non-hydrogen) atoms. The van der Waals surface area contributed by atoms with Crippen molar-refractivity contribution in [3.05, 3.63) is 35.4 Å². The van der Waals surface area contributed by atoms with Crippen molar-refractivity contribution in [1.29, 1.82) is 0 Å². The van der Waals surface area contributed by atoms with Crippen LogP contribution in [0.2, 0.25) is 0 Å². The first-order valence-corrected chi connectivity index (χ1v) is 5.25. The second kappa shape index (κ2) is 5.81. The lowest BCUT2D eigenvalue weighted by Gasteiger charge is -2.14. The van der Waals surface area contributed by atoms with Crippen molar-refractivity contribution in [2.45, 2.75) is 0 Å². The average Bonchev–Trinajstić information content (AvgIpc) is 2.36. The summed E-state index contributed by atoms with van der Waals surface area (Å²) in [5.41, 5.74) is 0.631. The van der Waals surface area contributed by atoms with Gasteiger partial charge in [0.15, 0.2) is 0 Å². The van der Waals surface area contributed by atoms with Crippen LogP contribution in [0.25, 0.3) is 0 Å². The van der Waals surface area contributed by atoms with E-state index in [1.807, 2.05) is 0 Å². The van der Waals surface area contributed by atoms with E-state index in [9.17, 15) is 14.4 Å². The Labute approximate surface area is 104 Å². The SMILES string of the molecule is CNC(=O)c1cccc(C(=O)N(C)CC(=O)O)c1. The number of aliphatic carboxylic acids is 1. The zero-order chi connectivity index (χ0) is 13.7. The fourth-order valence-electron chi connectivity index (χ4n) is 1.43. The summed E-state index contributed by atoms with van der Waals surface area (Å²) in [7, 11) is 2.89. The third-order valence-electron chi connectivity index (χ3n) is 2.32. The first-order valence-electron chi connectivity index (χ1n) is 5.25. The Bertz CT molecular complexity index is 485. The van der Waals surface area contributed by atoms with Gasteiger partial charge in [0.1, 0.15) is 6.54 Å². The van der Waals surface area contributed by atoms with E-state index in [4.69, 9.17) is 5.11 Å². The summed E-state index contributed by atoms with van der Waals surface area (Å²) in [5.74, 6) is -1.83. The van der Waals surface area contributed by atoms with Crippen LogP contribution < -0.4 is 5.32 Å². The number of nitrogens with one attached hydrogen (secondary N) is 1. The number of rotatable bonds is 4. The van der Waals surface area contributed by atoms with Gasteiger partial charge in [-0.25, -0.2) is 0 Å². The van der Waals surface area contributed by atoms with Crippen molar-refractivity contribution in [1.82, 2.24) is 10.2 Å². The Morgan fingerprint density at radius 1 is 1.28 bits per heavy atom. The minimum absolute atomic E-state index is 0.278. The van der Waals surface area contributed by atoms with Crippen LogP contribution in [0.15, 0.2) is 24.3 Å². The van der Waals surface area contributed by atoms with Crippen LogP contribution in [0.1, 0.15) is 20.7 Å². The Hall–Kier alpha value is -2.37. The molecule has 1 aromatic carbocycles. The van der Waals surface area contributed by atoms with E-state index in [1.54, 1.807) is 12.1 Å². The van der Waals surface area contributed by atoms with Crippen molar-refractivity contribution < 1.29 is 19.5 Å². The Morgan fingerprint density at radius 3 is 2.44 bits per heavy atom. The van der Waals surface area contributed by atoms with Crippen LogP contribution >= 0.6 is 0 Å². The first kappa shape index (κ1) is 13.7. The second-order valence-corrected chi connectivity index (χ2v) is 3.71. The standard InChI is InChI=1S/C12H14N2O4/c1-13-11(17)8-4-3-5-9(6-8)12(18)14(2)7-10(15)16/h3-6H,7H2,1-2H3,(H,13,17)(H,15,16). The number of carbonyl (C=O) groups is 3. The predicted molar refractivity (Wildman–Crippen MR) is 64.4 cm³/mol. The molecule has 0 aliphatic rings. The molecule has 96 valence electrons. The molecule has 2 amide bonds. The van der Waals surface area contributed by atoms with Gasteiger partial charge in [0, 0.05) is 25.2 Å². The van der Waals surface area contributed by atoms with Crippen LogP contribution in [-0.2, 0) is 4.79 Å². The molecule has 0 aromatic heterocycles. The van der Waals surface area contributed by atoms with Gasteiger partial charge in [-0.05, 0) is 18.2 Å². The quantitative estimate of drug-likeness (QED) is 0.799. The van der Waals surface area contributed by atoms with Crippen LogP contribution in [0.4, 0.5) is 0 Å². The second-order valence-electron chi connectivity index (χ2n) is 3.71. The van der Waals surface area contributed by atoms with Crippen molar-refractivity contribution in [2.75, 3.05) is 20.6 Å². The molecule has 0 saturated heterocycles. The molecule has 6 nitrogen and oxygen atoms in total. The minimum atomic E-state index is -1.09. The summed E-state index contributed by atoms with van der Waals surface area (Å²) in [4.78, 5) is 34.9. The highest BCUT2D eigenvalue weighted by Crippen LogP contribution is 2.07. The first-order chi connectivity index (χ1) is 8.45. The van der Waals surface area contributed by atoms with Crippen molar-refractivity contribution in [3.8, 4) is 0 Å². The number of hydrogen-bond acceptors (Lipinski definition) is 3. The maximum Gasteiger partial charge on any atom is 0.323 e. The van der Waals surface area contributed by atoms with Crippen molar-refractivity contribution in [3.63, 3.8) is 0 Å². The van der Waals surface area contributed by atoms with Gasteiger partial charge in [-0.3, -0.25) is 14.4 Å². The number of hydrogen-bond donors (Lipinski definition) is 2. The van der Waals surface area contributed by atoms with Gasteiger partial charge < -0.3 is 15.3 Å². The number of carboxylic acid groups (broad SMARTS) is 1. The van der Waals surface area contributed by atoms with E-state index in [-0.39, 0.29) is 18.0 Å². The molecular weight excluding hydrogens is 236 g/mol. The third kappa shape index (κ3) is 3.31. The lowest BCUT2D eigenvalue weighted by atomic mass is 10.1. The molecule has 0 saturated carbocycles. The molecule has 1 rings (SSSR count). The monoisotopic (exact) mass is 250 g/mol. The van der Waals surface area contributed by atoms with Gasteiger partial charge in [-0.2, -0.15) is 0 Å². The number of amides is 2. The normalized spacial score (nSPS) is 9.67. The predicted octanol–water partition coefficient (Wildman–Crippen LogP) is 0.203. The molecular formula is C12H14N2O4. The molecule has 0 fully saturated rings. The molecule has 0 bridgehead atoms. The molecule has 0 radical (unpaired) electrons. The summed E-state index contributed by atoms with van der Waals surface area (Å²) < 4.78 is 0. The molecule has 0 aliphatic heterocycles. The highest BCUT2D eigenvalue weighted by Gasteiger charge is 2.15. The molecule has 0 unspecified atom stereocenters. The van der Waals surface area contributed by atoms with Gasteiger partial charge in [0.2, 0.25) is 0 Å². The maximum absolute atomic E-state index is 11.9. The summed E-state index contributed by atoms with van der Waals surface area (Å²) in [6.45, 7) is -0.386. The zero-order valence-electron chi connectivity index (χ0n) is 10.1. The summed E-state index contributed by atoms with van der Waals surface area (Å²) in [5, 5.41) is 11.1. The Kier molecular flexibility index (Phi) is 4.42. The lowest BCUT2D eigenvalue weighted by molar-refractivity contribution is -0.137. The Balaban J connectivity index is 2.93. The molecule has 1 aromatic rings. The van der Waals surface area contributed by atoms with Crippen LogP contribution in [0.3, 0.4) is 0 Å². The van der Waals surface area contributed by atoms with E-state index in [0.29, 0.717) is 5.56 Å². The number of nitrogens with zero attached hydrogens (tertiary/aromatic N) is 1. The molecule has 2 N–H and O–H groups in total. The fraction of sp³-hybridized carbons (Fsp3) is 0.250. The summed E-state index contributed by atoms with van der Waals surface area (Å²) in [6, 6.07) is 6.12. The largest absolute Gasteiger partial charge is 0.480 e. The van der Waals surface area contributed by atoms with E-state index in [1.165, 1.54) is 26.2 Å². The van der Waals surface area contributed by atoms with E-state index in [0.717, 1.165) is 4.90 Å². The number of benzene rings is 1. The van der Waals surface area contributed by atoms with Crippen LogP contribution in [0.5, 0.6) is 0 Å². The topological polar surface area (TPSA) is 86.7 Å². The molecule has 0 atom stereocenters. The molecule has 6 heteroatoms. The molecule has 0 aliphatic carbocycles. The van der Waals surface area contributed by atoms with Gasteiger partial charge in [-0.15, -0.1) is 0 Å². The number of carboxylic acids is 1. The highest BCUT2D eigenvalue weighted by molar-refractivity contribution is 6.00. The van der Waals surface area contributed by atoms with Gasteiger partial charge >= 0.3 is 5.97 Å². The number of likely N-dealkylation sites (N-methyl/N-ethyl adjacent to an activating group) is 1. The number of carbonyl (C=O) groups excluding carboxylic acids is 2. The molecule has 0 spiro atoms. The fourth-order valence-corrected chi connectivity index (χ4v) is 1.43.